The fourth-order valence-electron chi connectivity index (χ4n) is 5.13. The summed E-state index contributed by atoms with van der Waals surface area (Å²) in [5.74, 6) is 0.556. The number of hydrogen-bond donors (Lipinski definition) is 1. The van der Waals surface area contributed by atoms with Gasteiger partial charge in [-0.3, -0.25) is 9.59 Å². The summed E-state index contributed by atoms with van der Waals surface area (Å²) < 4.78 is 7.57. The largest absolute Gasteiger partial charge is 0.463 e. The first-order chi connectivity index (χ1) is 15.5. The normalized spacial score (nSPS) is 21.8. The number of nitrogens with zero attached hydrogens (tertiary/aromatic N) is 3. The standard InChI is InChI=1S/C25H36N4O3/c1-4-27(5-2)15-16-29-23(30)21-14-13-20(22-12-9-17-32-22)28(21)18-25(29,3)24(31)26-19-10-7-6-8-11-19/h9,12-14,17,19H,4-8,10-11,15-16,18H2,1-3H3,(H,26,31)/t25-/m0/s1. The molecule has 0 aromatic carbocycles. The summed E-state index contributed by atoms with van der Waals surface area (Å²) in [7, 11) is 0. The highest BCUT2D eigenvalue weighted by molar-refractivity contribution is 6.00. The molecule has 0 saturated heterocycles. The minimum absolute atomic E-state index is 0.0537. The zero-order valence-electron chi connectivity index (χ0n) is 19.6. The Morgan fingerprint density at radius 1 is 1.16 bits per heavy atom. The van der Waals surface area contributed by atoms with Gasteiger partial charge in [0.15, 0.2) is 0 Å². The Hall–Kier alpha value is -2.54. The molecule has 2 aliphatic rings. The highest BCUT2D eigenvalue weighted by Gasteiger charge is 2.48. The second-order valence-electron chi connectivity index (χ2n) is 9.23. The van der Waals surface area contributed by atoms with E-state index >= 15 is 0 Å². The Bertz CT molecular complexity index is 925. The van der Waals surface area contributed by atoms with Crippen molar-refractivity contribution in [2.24, 2.45) is 0 Å². The lowest BCUT2D eigenvalue weighted by Gasteiger charge is -2.45. The first kappa shape index (κ1) is 22.6. The van der Waals surface area contributed by atoms with E-state index in [1.54, 1.807) is 11.2 Å². The molecular formula is C25H36N4O3. The van der Waals surface area contributed by atoms with Gasteiger partial charge in [-0.2, -0.15) is 0 Å². The van der Waals surface area contributed by atoms with E-state index in [4.69, 9.17) is 4.42 Å². The number of rotatable bonds is 8. The molecule has 1 atom stereocenters. The Morgan fingerprint density at radius 2 is 1.88 bits per heavy atom. The van der Waals surface area contributed by atoms with E-state index in [9.17, 15) is 9.59 Å². The van der Waals surface area contributed by atoms with Gasteiger partial charge >= 0.3 is 0 Å². The minimum Gasteiger partial charge on any atom is -0.463 e. The van der Waals surface area contributed by atoms with Gasteiger partial charge in [-0.1, -0.05) is 33.1 Å². The van der Waals surface area contributed by atoms with E-state index < -0.39 is 5.54 Å². The molecule has 1 N–H and O–H groups in total. The number of furan rings is 1. The van der Waals surface area contributed by atoms with Crippen molar-refractivity contribution in [1.29, 1.82) is 0 Å². The number of carbonyl (C=O) groups is 2. The summed E-state index contributed by atoms with van der Waals surface area (Å²) in [4.78, 5) is 31.5. The van der Waals surface area contributed by atoms with Gasteiger partial charge in [-0.15, -0.1) is 0 Å². The maximum atomic E-state index is 13.7. The smallest absolute Gasteiger partial charge is 0.271 e. The van der Waals surface area contributed by atoms with Crippen LogP contribution in [0.15, 0.2) is 34.9 Å². The quantitative estimate of drug-likeness (QED) is 0.679. The Kier molecular flexibility index (Phi) is 6.74. The van der Waals surface area contributed by atoms with Crippen LogP contribution in [0.3, 0.4) is 0 Å². The van der Waals surface area contributed by atoms with E-state index in [0.717, 1.165) is 51.0 Å². The van der Waals surface area contributed by atoms with Gasteiger partial charge < -0.3 is 24.1 Å². The van der Waals surface area contributed by atoms with Crippen LogP contribution in [0.25, 0.3) is 11.5 Å². The first-order valence-corrected chi connectivity index (χ1v) is 12.1. The van der Waals surface area contributed by atoms with Crippen LogP contribution in [-0.4, -0.2) is 63.9 Å². The fourth-order valence-corrected chi connectivity index (χ4v) is 5.13. The van der Waals surface area contributed by atoms with Crippen LogP contribution in [0.1, 0.15) is 63.4 Å². The fraction of sp³-hybridized carbons (Fsp3) is 0.600. The van der Waals surface area contributed by atoms with Gasteiger partial charge in [0.05, 0.1) is 18.5 Å². The van der Waals surface area contributed by atoms with Gasteiger partial charge in [-0.25, -0.2) is 0 Å². The second kappa shape index (κ2) is 9.53. The van der Waals surface area contributed by atoms with E-state index in [-0.39, 0.29) is 17.9 Å². The van der Waals surface area contributed by atoms with Crippen molar-refractivity contribution in [2.75, 3.05) is 26.2 Å². The van der Waals surface area contributed by atoms with E-state index in [1.165, 1.54) is 6.42 Å². The molecule has 2 amide bonds. The average Bonchev–Trinajstić information content (AvgIpc) is 3.46. The predicted molar refractivity (Wildman–Crippen MR) is 124 cm³/mol. The molecular weight excluding hydrogens is 404 g/mol. The second-order valence-corrected chi connectivity index (χ2v) is 9.23. The number of carbonyl (C=O) groups excluding carboxylic acids is 2. The van der Waals surface area contributed by atoms with Gasteiger partial charge in [0.25, 0.3) is 5.91 Å². The molecule has 3 heterocycles. The highest BCUT2D eigenvalue weighted by atomic mass is 16.3. The molecule has 0 unspecified atom stereocenters. The van der Waals surface area contributed by atoms with Crippen molar-refractivity contribution in [3.8, 4) is 11.5 Å². The zero-order chi connectivity index (χ0) is 22.7. The van der Waals surface area contributed by atoms with Crippen molar-refractivity contribution in [1.82, 2.24) is 19.7 Å². The SMILES string of the molecule is CCN(CC)CCN1C(=O)c2ccc(-c3ccco3)n2C[C@@]1(C)C(=O)NC1CCCCC1. The number of amides is 2. The van der Waals surface area contributed by atoms with Crippen molar-refractivity contribution in [3.05, 3.63) is 36.2 Å². The molecule has 32 heavy (non-hydrogen) atoms. The molecule has 4 rings (SSSR count). The lowest BCUT2D eigenvalue weighted by molar-refractivity contribution is -0.134. The van der Waals surface area contributed by atoms with Crippen molar-refractivity contribution >= 4 is 11.8 Å². The van der Waals surface area contributed by atoms with E-state index in [2.05, 4.69) is 24.1 Å². The van der Waals surface area contributed by atoms with Crippen LogP contribution in [0.2, 0.25) is 0 Å². The van der Waals surface area contributed by atoms with Crippen LogP contribution < -0.4 is 5.32 Å². The van der Waals surface area contributed by atoms with Gasteiger partial charge in [-0.05, 0) is 57.1 Å². The minimum atomic E-state index is -0.963. The Balaban J connectivity index is 1.66. The maximum Gasteiger partial charge on any atom is 0.271 e. The topological polar surface area (TPSA) is 70.7 Å². The number of likely N-dealkylation sites (N-methyl/N-ethyl adjacent to an activating group) is 1. The number of aromatic nitrogens is 1. The molecule has 2 aromatic heterocycles. The molecule has 0 radical (unpaired) electrons. The molecule has 1 aliphatic carbocycles. The molecule has 0 bridgehead atoms. The number of fused-ring (bicyclic) bond motifs is 1. The van der Waals surface area contributed by atoms with Crippen LogP contribution in [0.4, 0.5) is 0 Å². The lowest BCUT2D eigenvalue weighted by Crippen LogP contribution is -2.65. The third-order valence-corrected chi connectivity index (χ3v) is 7.24. The number of hydrogen-bond acceptors (Lipinski definition) is 4. The third kappa shape index (κ3) is 4.22. The summed E-state index contributed by atoms with van der Waals surface area (Å²) in [6.45, 7) is 9.68. The summed E-state index contributed by atoms with van der Waals surface area (Å²) in [6, 6.07) is 7.69. The monoisotopic (exact) mass is 440 g/mol. The van der Waals surface area contributed by atoms with Crippen LogP contribution in [0.5, 0.6) is 0 Å². The zero-order valence-corrected chi connectivity index (χ0v) is 19.6. The van der Waals surface area contributed by atoms with Crippen LogP contribution >= 0.6 is 0 Å². The van der Waals surface area contributed by atoms with E-state index in [0.29, 0.717) is 24.5 Å². The molecule has 0 spiro atoms. The van der Waals surface area contributed by atoms with Gasteiger partial charge in [0, 0.05) is 19.1 Å². The summed E-state index contributed by atoms with van der Waals surface area (Å²) in [5, 5.41) is 3.29. The molecule has 1 fully saturated rings. The summed E-state index contributed by atoms with van der Waals surface area (Å²) >= 11 is 0. The molecule has 7 heteroatoms. The average molecular weight is 441 g/mol. The Labute approximate surface area is 190 Å². The molecule has 1 saturated carbocycles. The molecule has 174 valence electrons. The molecule has 7 nitrogen and oxygen atoms in total. The van der Waals surface area contributed by atoms with Crippen molar-refractivity contribution < 1.29 is 14.0 Å². The summed E-state index contributed by atoms with van der Waals surface area (Å²) in [5.41, 5.74) is 0.479. The van der Waals surface area contributed by atoms with Gasteiger partial charge in [0.1, 0.15) is 17.0 Å². The van der Waals surface area contributed by atoms with Gasteiger partial charge in [0.2, 0.25) is 5.91 Å². The number of nitrogens with one attached hydrogen (secondary N) is 1. The van der Waals surface area contributed by atoms with Crippen molar-refractivity contribution in [3.63, 3.8) is 0 Å². The molecule has 1 aliphatic heterocycles. The first-order valence-electron chi connectivity index (χ1n) is 12.1. The Morgan fingerprint density at radius 3 is 2.53 bits per heavy atom. The molecule has 2 aromatic rings. The lowest BCUT2D eigenvalue weighted by atomic mass is 9.91. The van der Waals surface area contributed by atoms with Crippen molar-refractivity contribution in [2.45, 2.75) is 71.0 Å². The third-order valence-electron chi connectivity index (χ3n) is 7.24. The van der Waals surface area contributed by atoms with E-state index in [1.807, 2.05) is 35.8 Å². The van der Waals surface area contributed by atoms with Crippen LogP contribution in [0, 0.1) is 0 Å². The summed E-state index contributed by atoms with van der Waals surface area (Å²) in [6.07, 6.45) is 7.19. The predicted octanol–water partition coefficient (Wildman–Crippen LogP) is 3.75. The maximum absolute atomic E-state index is 13.7. The van der Waals surface area contributed by atoms with Crippen LogP contribution in [-0.2, 0) is 11.3 Å². The highest BCUT2D eigenvalue weighted by Crippen LogP contribution is 2.33.